The van der Waals surface area contributed by atoms with Gasteiger partial charge in [-0.25, -0.2) is 0 Å². The van der Waals surface area contributed by atoms with Crippen molar-refractivity contribution in [2.45, 2.75) is 6.92 Å². The average Bonchev–Trinajstić information content (AvgIpc) is 2.72. The van der Waals surface area contributed by atoms with E-state index >= 15 is 0 Å². The number of thioether (sulfide) groups is 1. The topological polar surface area (TPSA) is 55.8 Å². The number of nitrogens with zero attached hydrogens (tertiary/aromatic N) is 1. The third kappa shape index (κ3) is 3.08. The summed E-state index contributed by atoms with van der Waals surface area (Å²) in [5.74, 6) is 0.783. The second kappa shape index (κ2) is 6.53. The molecular weight excluding hydrogens is 358 g/mol. The van der Waals surface area contributed by atoms with Gasteiger partial charge in [-0.2, -0.15) is 0 Å². The molecule has 21 heavy (non-hydrogen) atoms. The highest BCUT2D eigenvalue weighted by atomic mass is 79.9. The molecule has 1 fully saturated rings. The lowest BCUT2D eigenvalue weighted by Gasteiger charge is -2.11. The lowest BCUT2D eigenvalue weighted by atomic mass is 10.1. The van der Waals surface area contributed by atoms with Crippen molar-refractivity contribution < 1.29 is 19.1 Å². The summed E-state index contributed by atoms with van der Waals surface area (Å²) in [6.45, 7) is 2.13. The molecule has 0 N–H and O–H groups in total. The van der Waals surface area contributed by atoms with E-state index in [0.29, 0.717) is 28.5 Å². The van der Waals surface area contributed by atoms with Crippen molar-refractivity contribution in [1.29, 1.82) is 0 Å². The second-order valence-electron chi connectivity index (χ2n) is 4.16. The van der Waals surface area contributed by atoms with Crippen molar-refractivity contribution in [2.75, 3.05) is 20.8 Å². The first-order chi connectivity index (χ1) is 10.0. The first kappa shape index (κ1) is 15.9. The summed E-state index contributed by atoms with van der Waals surface area (Å²) >= 11 is 4.31. The summed E-state index contributed by atoms with van der Waals surface area (Å²) < 4.78 is 11.4. The zero-order valence-electron chi connectivity index (χ0n) is 11.8. The van der Waals surface area contributed by atoms with Crippen molar-refractivity contribution in [1.82, 2.24) is 4.90 Å². The van der Waals surface area contributed by atoms with Crippen molar-refractivity contribution in [3.63, 3.8) is 0 Å². The van der Waals surface area contributed by atoms with Gasteiger partial charge < -0.3 is 9.47 Å². The number of halogens is 1. The summed E-state index contributed by atoms with van der Waals surface area (Å²) in [5.41, 5.74) is 0.672. The number of hydrogen-bond donors (Lipinski definition) is 0. The first-order valence-electron chi connectivity index (χ1n) is 6.18. The molecule has 0 spiro atoms. The lowest BCUT2D eigenvalue weighted by Crippen LogP contribution is -2.27. The Bertz CT molecular complexity index is 630. The lowest BCUT2D eigenvalue weighted by molar-refractivity contribution is -0.122. The number of ether oxygens (including phenoxy) is 2. The fraction of sp³-hybridized carbons (Fsp3) is 0.286. The van der Waals surface area contributed by atoms with Gasteiger partial charge in [0.25, 0.3) is 11.1 Å². The van der Waals surface area contributed by atoms with Gasteiger partial charge >= 0.3 is 0 Å². The van der Waals surface area contributed by atoms with E-state index in [1.54, 1.807) is 32.2 Å². The minimum atomic E-state index is -0.284. The highest BCUT2D eigenvalue weighted by Gasteiger charge is 2.34. The Balaban J connectivity index is 2.48. The number of carbonyl (C=O) groups is 2. The van der Waals surface area contributed by atoms with Crippen LogP contribution in [0.1, 0.15) is 12.5 Å². The van der Waals surface area contributed by atoms with Crippen LogP contribution in [-0.4, -0.2) is 36.8 Å². The van der Waals surface area contributed by atoms with Crippen LogP contribution in [0.25, 0.3) is 6.08 Å². The maximum absolute atomic E-state index is 12.1. The molecule has 0 saturated carbocycles. The summed E-state index contributed by atoms with van der Waals surface area (Å²) in [4.78, 5) is 25.4. The smallest absolute Gasteiger partial charge is 0.293 e. The molecule has 1 aliphatic heterocycles. The molecule has 1 saturated heterocycles. The normalized spacial score (nSPS) is 16.8. The number of imide groups is 1. The van der Waals surface area contributed by atoms with Gasteiger partial charge in [-0.05, 0) is 36.9 Å². The number of likely N-dealkylation sites (N-methyl/N-ethyl adjacent to an activating group) is 1. The fourth-order valence-electron chi connectivity index (χ4n) is 1.98. The van der Waals surface area contributed by atoms with Gasteiger partial charge in [0, 0.05) is 16.6 Å². The highest BCUT2D eigenvalue weighted by Crippen LogP contribution is 2.39. The third-order valence-electron chi connectivity index (χ3n) is 2.95. The van der Waals surface area contributed by atoms with E-state index in [9.17, 15) is 9.59 Å². The van der Waals surface area contributed by atoms with Gasteiger partial charge in [0.2, 0.25) is 0 Å². The van der Waals surface area contributed by atoms with Gasteiger partial charge in [0.1, 0.15) is 0 Å². The molecule has 1 aromatic carbocycles. The van der Waals surface area contributed by atoms with E-state index in [-0.39, 0.29) is 11.1 Å². The Hall–Kier alpha value is -1.47. The van der Waals surface area contributed by atoms with Crippen LogP contribution in [0, 0.1) is 0 Å². The van der Waals surface area contributed by atoms with Crippen molar-refractivity contribution in [3.05, 3.63) is 27.1 Å². The molecule has 0 atom stereocenters. The van der Waals surface area contributed by atoms with Crippen LogP contribution in [0.2, 0.25) is 0 Å². The van der Waals surface area contributed by atoms with Gasteiger partial charge in [-0.15, -0.1) is 0 Å². The van der Waals surface area contributed by atoms with Crippen molar-refractivity contribution in [2.24, 2.45) is 0 Å². The summed E-state index contributed by atoms with van der Waals surface area (Å²) in [6, 6.07) is 3.58. The highest BCUT2D eigenvalue weighted by molar-refractivity contribution is 9.10. The second-order valence-corrected chi connectivity index (χ2v) is 6.07. The molecule has 7 heteroatoms. The van der Waals surface area contributed by atoms with Crippen LogP contribution in [0.3, 0.4) is 0 Å². The van der Waals surface area contributed by atoms with Crippen LogP contribution in [-0.2, 0) is 4.79 Å². The van der Waals surface area contributed by atoms with E-state index in [0.717, 1.165) is 16.2 Å². The van der Waals surface area contributed by atoms with Gasteiger partial charge in [-0.1, -0.05) is 15.9 Å². The molecule has 0 aromatic heterocycles. The zero-order chi connectivity index (χ0) is 15.6. The summed E-state index contributed by atoms with van der Waals surface area (Å²) in [7, 11) is 3.07. The molecular formula is C14H14BrNO4S. The summed E-state index contributed by atoms with van der Waals surface area (Å²) in [5, 5.41) is -0.255. The molecule has 1 heterocycles. The zero-order valence-corrected chi connectivity index (χ0v) is 14.2. The Labute approximate surface area is 135 Å². The Morgan fingerprint density at radius 1 is 1.29 bits per heavy atom. The predicted molar refractivity (Wildman–Crippen MR) is 85.6 cm³/mol. The molecule has 0 radical (unpaired) electrons. The maximum Gasteiger partial charge on any atom is 0.293 e. The fourth-order valence-corrected chi connectivity index (χ4v) is 3.33. The van der Waals surface area contributed by atoms with E-state index < -0.39 is 0 Å². The summed E-state index contributed by atoms with van der Waals surface area (Å²) in [6.07, 6.45) is 1.65. The Kier molecular flexibility index (Phi) is 4.95. The molecule has 2 amide bonds. The van der Waals surface area contributed by atoms with E-state index in [1.165, 1.54) is 12.0 Å². The van der Waals surface area contributed by atoms with Gasteiger partial charge in [0.15, 0.2) is 11.5 Å². The predicted octanol–water partition coefficient (Wildman–Crippen LogP) is 3.52. The molecule has 0 unspecified atom stereocenters. The van der Waals surface area contributed by atoms with E-state index in [2.05, 4.69) is 15.9 Å². The number of rotatable bonds is 4. The monoisotopic (exact) mass is 371 g/mol. The van der Waals surface area contributed by atoms with E-state index in [1.807, 2.05) is 0 Å². The molecule has 5 nitrogen and oxygen atoms in total. The van der Waals surface area contributed by atoms with Crippen molar-refractivity contribution >= 4 is 44.9 Å². The first-order valence-corrected chi connectivity index (χ1v) is 7.79. The van der Waals surface area contributed by atoms with Crippen LogP contribution in [0.4, 0.5) is 4.79 Å². The number of methoxy groups -OCH3 is 2. The number of benzene rings is 1. The minimum absolute atomic E-state index is 0.255. The molecule has 112 valence electrons. The Morgan fingerprint density at radius 2 is 2.00 bits per heavy atom. The third-order valence-corrected chi connectivity index (χ3v) is 4.31. The van der Waals surface area contributed by atoms with Gasteiger partial charge in [-0.3, -0.25) is 14.5 Å². The number of carbonyl (C=O) groups excluding carboxylic acids is 2. The average molecular weight is 372 g/mol. The van der Waals surface area contributed by atoms with Crippen LogP contribution in [0.15, 0.2) is 21.5 Å². The molecule has 0 aliphatic carbocycles. The minimum Gasteiger partial charge on any atom is -0.493 e. The van der Waals surface area contributed by atoms with Gasteiger partial charge in [0.05, 0.1) is 19.1 Å². The maximum atomic E-state index is 12.1. The van der Waals surface area contributed by atoms with Crippen molar-refractivity contribution in [3.8, 4) is 11.5 Å². The molecule has 1 aromatic rings. The Morgan fingerprint density at radius 3 is 2.52 bits per heavy atom. The van der Waals surface area contributed by atoms with E-state index in [4.69, 9.17) is 9.47 Å². The van der Waals surface area contributed by atoms with Crippen LogP contribution >= 0.6 is 27.7 Å². The molecule has 2 rings (SSSR count). The largest absolute Gasteiger partial charge is 0.493 e. The number of hydrogen-bond acceptors (Lipinski definition) is 5. The standard InChI is InChI=1S/C14H14BrNO4S/c1-4-16-13(17)11(21-14(16)18)6-8-5-9(15)7-10(19-2)12(8)20-3/h5-7H,4H2,1-3H3/b11-6+. The molecule has 0 bridgehead atoms. The molecule has 1 aliphatic rings. The SMILES string of the molecule is CCN1C(=O)S/C(=C/c2cc(Br)cc(OC)c2OC)C1=O. The van der Waals surface area contributed by atoms with Crippen LogP contribution in [0.5, 0.6) is 11.5 Å². The number of amides is 2. The quantitative estimate of drug-likeness (QED) is 0.757. The van der Waals surface area contributed by atoms with Crippen LogP contribution < -0.4 is 9.47 Å².